The Hall–Kier alpha value is -1.19. The van der Waals surface area contributed by atoms with Crippen LogP contribution in [-0.4, -0.2) is 23.5 Å². The Bertz CT molecular complexity index is 418. The molecule has 2 rings (SSSR count). The molecule has 3 nitrogen and oxygen atoms in total. The minimum absolute atomic E-state index is 0.0477. The number of carbonyl (C=O) groups is 1. The van der Waals surface area contributed by atoms with Gasteiger partial charge in [0.25, 0.3) is 0 Å². The van der Waals surface area contributed by atoms with Crippen LogP contribution in [0.4, 0.5) is 0 Å². The summed E-state index contributed by atoms with van der Waals surface area (Å²) >= 11 is 0. The molecule has 20 heavy (non-hydrogen) atoms. The third kappa shape index (κ3) is 4.15. The Morgan fingerprint density at radius 1 is 1.25 bits per heavy atom. The van der Waals surface area contributed by atoms with E-state index in [0.29, 0.717) is 12.3 Å². The molecule has 0 saturated heterocycles. The summed E-state index contributed by atoms with van der Waals surface area (Å²) in [6.07, 6.45) is 4.54. The lowest BCUT2D eigenvalue weighted by molar-refractivity contribution is -0.122. The third-order valence-electron chi connectivity index (χ3n) is 4.23. The van der Waals surface area contributed by atoms with E-state index < -0.39 is 6.10 Å². The molecule has 0 spiro atoms. The summed E-state index contributed by atoms with van der Waals surface area (Å²) in [5.74, 6) is 0.513. The number of aliphatic hydroxyl groups excluding tert-OH is 1. The largest absolute Gasteiger partial charge is 0.387 e. The molecule has 1 fully saturated rings. The lowest BCUT2D eigenvalue weighted by Gasteiger charge is -2.23. The Labute approximate surface area is 121 Å². The summed E-state index contributed by atoms with van der Waals surface area (Å²) < 4.78 is 0. The zero-order chi connectivity index (χ0) is 14.4. The second-order valence-electron chi connectivity index (χ2n) is 5.82. The molecule has 2 N–H and O–H groups in total. The second kappa shape index (κ2) is 7.55. The van der Waals surface area contributed by atoms with E-state index in [-0.39, 0.29) is 12.0 Å². The minimum atomic E-state index is -0.530. The van der Waals surface area contributed by atoms with E-state index in [1.54, 1.807) is 0 Å². The van der Waals surface area contributed by atoms with E-state index in [9.17, 15) is 9.90 Å². The summed E-state index contributed by atoms with van der Waals surface area (Å²) in [5, 5.41) is 13.6. The first-order valence-electron chi connectivity index (χ1n) is 7.67. The first kappa shape index (κ1) is 15.2. The van der Waals surface area contributed by atoms with Gasteiger partial charge in [0.05, 0.1) is 6.10 Å². The molecule has 0 amide bonds. The zero-order valence-corrected chi connectivity index (χ0v) is 12.2. The number of carbonyl (C=O) groups excluding carboxylic acids is 1. The van der Waals surface area contributed by atoms with Gasteiger partial charge < -0.3 is 10.4 Å². The van der Waals surface area contributed by atoms with Gasteiger partial charge in [0.1, 0.15) is 5.78 Å². The van der Waals surface area contributed by atoms with Crippen molar-refractivity contribution < 1.29 is 9.90 Å². The normalized spacial score (nSPS) is 23.1. The van der Waals surface area contributed by atoms with Crippen molar-refractivity contribution in [3.63, 3.8) is 0 Å². The molecule has 3 unspecified atom stereocenters. The Balaban J connectivity index is 1.85. The maximum absolute atomic E-state index is 12.0. The van der Waals surface area contributed by atoms with E-state index in [0.717, 1.165) is 31.2 Å². The smallest absolute Gasteiger partial charge is 0.137 e. The van der Waals surface area contributed by atoms with Gasteiger partial charge in [-0.15, -0.1) is 0 Å². The number of hydrogen-bond acceptors (Lipinski definition) is 3. The summed E-state index contributed by atoms with van der Waals surface area (Å²) in [6.45, 7) is 2.66. The van der Waals surface area contributed by atoms with E-state index in [1.165, 1.54) is 6.42 Å². The maximum atomic E-state index is 12.0. The maximum Gasteiger partial charge on any atom is 0.137 e. The van der Waals surface area contributed by atoms with Crippen LogP contribution in [0.3, 0.4) is 0 Å². The average Bonchev–Trinajstić information content (AvgIpc) is 2.69. The molecule has 1 aliphatic carbocycles. The number of benzene rings is 1. The second-order valence-corrected chi connectivity index (χ2v) is 5.82. The van der Waals surface area contributed by atoms with Gasteiger partial charge in [0, 0.05) is 24.9 Å². The van der Waals surface area contributed by atoms with Crippen LogP contribution in [0.5, 0.6) is 0 Å². The van der Waals surface area contributed by atoms with Gasteiger partial charge in [-0.25, -0.2) is 0 Å². The molecule has 1 saturated carbocycles. The van der Waals surface area contributed by atoms with Crippen LogP contribution in [0.2, 0.25) is 0 Å². The van der Waals surface area contributed by atoms with Gasteiger partial charge in [-0.05, 0) is 25.3 Å². The van der Waals surface area contributed by atoms with Gasteiger partial charge in [-0.2, -0.15) is 0 Å². The van der Waals surface area contributed by atoms with Gasteiger partial charge in [0.15, 0.2) is 0 Å². The predicted octanol–water partition coefficient (Wildman–Crippen LogP) is 2.85. The molecule has 0 bridgehead atoms. The van der Waals surface area contributed by atoms with Crippen LogP contribution in [0, 0.1) is 5.92 Å². The van der Waals surface area contributed by atoms with Crippen LogP contribution in [0.1, 0.15) is 50.7 Å². The van der Waals surface area contributed by atoms with Crippen molar-refractivity contribution in [3.05, 3.63) is 35.9 Å². The van der Waals surface area contributed by atoms with Gasteiger partial charge in [-0.3, -0.25) is 4.79 Å². The number of nitrogens with one attached hydrogen (secondary N) is 1. The highest BCUT2D eigenvalue weighted by atomic mass is 16.3. The van der Waals surface area contributed by atoms with Crippen LogP contribution in [-0.2, 0) is 4.79 Å². The van der Waals surface area contributed by atoms with E-state index >= 15 is 0 Å². The molecule has 3 atom stereocenters. The lowest BCUT2D eigenvalue weighted by atomic mass is 9.97. The lowest BCUT2D eigenvalue weighted by Crippen LogP contribution is -2.37. The highest BCUT2D eigenvalue weighted by molar-refractivity contribution is 5.81. The molecule has 1 aromatic carbocycles. The fraction of sp³-hybridized carbons (Fsp3) is 0.588. The van der Waals surface area contributed by atoms with Crippen LogP contribution in [0.15, 0.2) is 30.3 Å². The number of ketones is 1. The van der Waals surface area contributed by atoms with E-state index in [4.69, 9.17) is 0 Å². The molecule has 3 heteroatoms. The first-order chi connectivity index (χ1) is 9.68. The average molecular weight is 275 g/mol. The quantitative estimate of drug-likeness (QED) is 0.812. The van der Waals surface area contributed by atoms with Crippen molar-refractivity contribution in [2.75, 3.05) is 6.54 Å². The van der Waals surface area contributed by atoms with Gasteiger partial charge in [-0.1, -0.05) is 43.2 Å². The third-order valence-corrected chi connectivity index (χ3v) is 4.23. The monoisotopic (exact) mass is 275 g/mol. The van der Waals surface area contributed by atoms with Crippen LogP contribution < -0.4 is 5.32 Å². The molecule has 0 heterocycles. The van der Waals surface area contributed by atoms with Crippen molar-refractivity contribution in [2.45, 2.75) is 51.2 Å². The fourth-order valence-corrected chi connectivity index (χ4v) is 2.83. The van der Waals surface area contributed by atoms with Gasteiger partial charge in [0.2, 0.25) is 0 Å². The highest BCUT2D eigenvalue weighted by Gasteiger charge is 2.22. The molecular weight excluding hydrogens is 250 g/mol. The van der Waals surface area contributed by atoms with E-state index in [1.807, 2.05) is 37.3 Å². The zero-order valence-electron chi connectivity index (χ0n) is 12.2. The first-order valence-corrected chi connectivity index (χ1v) is 7.67. The fourth-order valence-electron chi connectivity index (χ4n) is 2.83. The molecule has 110 valence electrons. The SMILES string of the molecule is CC(NCC1CCCCCC1=O)C(O)c1ccccc1. The Kier molecular flexibility index (Phi) is 5.74. The molecule has 0 aromatic heterocycles. The molecular formula is C17H25NO2. The molecule has 1 aliphatic rings. The predicted molar refractivity (Wildman–Crippen MR) is 80.4 cm³/mol. The number of rotatable bonds is 5. The van der Waals surface area contributed by atoms with Gasteiger partial charge >= 0.3 is 0 Å². The molecule has 0 radical (unpaired) electrons. The van der Waals surface area contributed by atoms with Crippen molar-refractivity contribution in [3.8, 4) is 0 Å². The molecule has 1 aromatic rings. The summed E-state index contributed by atoms with van der Waals surface area (Å²) in [6, 6.07) is 9.62. The van der Waals surface area contributed by atoms with E-state index in [2.05, 4.69) is 5.32 Å². The highest BCUT2D eigenvalue weighted by Crippen LogP contribution is 2.21. The standard InChI is InChI=1S/C17H25NO2/c1-13(17(20)14-8-4-2-5-9-14)18-12-15-10-6-3-7-11-16(15)19/h2,4-5,8-9,13,15,17-18,20H,3,6-7,10-12H2,1H3. The minimum Gasteiger partial charge on any atom is -0.387 e. The number of Topliss-reactive ketones (excluding diaryl/α,β-unsaturated/α-hetero) is 1. The van der Waals surface area contributed by atoms with Crippen molar-refractivity contribution in [1.29, 1.82) is 0 Å². The Morgan fingerprint density at radius 2 is 2.00 bits per heavy atom. The summed E-state index contributed by atoms with van der Waals surface area (Å²) in [5.41, 5.74) is 0.916. The summed E-state index contributed by atoms with van der Waals surface area (Å²) in [4.78, 5) is 12.0. The number of aliphatic hydroxyl groups is 1. The van der Waals surface area contributed by atoms with Crippen molar-refractivity contribution in [1.82, 2.24) is 5.32 Å². The van der Waals surface area contributed by atoms with Crippen molar-refractivity contribution in [2.24, 2.45) is 5.92 Å². The number of hydrogen-bond donors (Lipinski definition) is 2. The van der Waals surface area contributed by atoms with Crippen molar-refractivity contribution >= 4 is 5.78 Å². The Morgan fingerprint density at radius 3 is 2.75 bits per heavy atom. The topological polar surface area (TPSA) is 49.3 Å². The molecule has 0 aliphatic heterocycles. The van der Waals surface area contributed by atoms with Crippen LogP contribution in [0.25, 0.3) is 0 Å². The summed E-state index contributed by atoms with van der Waals surface area (Å²) in [7, 11) is 0. The van der Waals surface area contributed by atoms with Crippen LogP contribution >= 0.6 is 0 Å².